The van der Waals surface area contributed by atoms with Gasteiger partial charge < -0.3 is 4.98 Å². The van der Waals surface area contributed by atoms with E-state index in [-0.39, 0.29) is 5.91 Å². The van der Waals surface area contributed by atoms with Gasteiger partial charge in [0, 0.05) is 23.1 Å². The van der Waals surface area contributed by atoms with Gasteiger partial charge in [-0.15, -0.1) is 11.3 Å². The van der Waals surface area contributed by atoms with E-state index in [4.69, 9.17) is 16.6 Å². The van der Waals surface area contributed by atoms with Gasteiger partial charge in [0.1, 0.15) is 0 Å². The summed E-state index contributed by atoms with van der Waals surface area (Å²) >= 11 is 9.07. The molecule has 0 atom stereocenters. The summed E-state index contributed by atoms with van der Waals surface area (Å²) in [6.45, 7) is 5.62. The van der Waals surface area contributed by atoms with E-state index in [1.165, 1.54) is 11.3 Å². The molecular formula is C21H19ClN4OS2. The van der Waals surface area contributed by atoms with Gasteiger partial charge in [0.05, 0.1) is 22.4 Å². The number of aromatic amines is 1. The number of nitrogens with zero attached hydrogens (tertiary/aromatic N) is 3. The molecule has 5 nitrogen and oxygen atoms in total. The van der Waals surface area contributed by atoms with Crippen molar-refractivity contribution in [3.63, 3.8) is 0 Å². The normalized spacial score (nSPS) is 11.2. The number of halogens is 1. The van der Waals surface area contributed by atoms with Crippen LogP contribution in [0.3, 0.4) is 0 Å². The number of benzene rings is 2. The third kappa shape index (κ3) is 4.32. The lowest BCUT2D eigenvalue weighted by molar-refractivity contribution is -0.115. The molecule has 0 fully saturated rings. The Kier molecular flexibility index (Phi) is 5.63. The molecule has 2 aromatic heterocycles. The molecule has 4 rings (SSSR count). The maximum Gasteiger partial charge on any atom is 0.230 e. The molecule has 0 saturated heterocycles. The summed E-state index contributed by atoms with van der Waals surface area (Å²) < 4.78 is 0. The number of imidazole rings is 1. The first-order valence-corrected chi connectivity index (χ1v) is 11.3. The lowest BCUT2D eigenvalue weighted by Gasteiger charge is -2.20. The summed E-state index contributed by atoms with van der Waals surface area (Å²) in [5, 5.41) is 4.16. The van der Waals surface area contributed by atoms with Gasteiger partial charge in [-0.05, 0) is 43.7 Å². The first kappa shape index (κ1) is 19.9. The van der Waals surface area contributed by atoms with E-state index in [0.717, 1.165) is 38.7 Å². The van der Waals surface area contributed by atoms with E-state index in [2.05, 4.69) is 16.0 Å². The van der Waals surface area contributed by atoms with Crippen molar-refractivity contribution in [2.45, 2.75) is 31.7 Å². The van der Waals surface area contributed by atoms with Crippen LogP contribution in [-0.2, 0) is 10.5 Å². The van der Waals surface area contributed by atoms with Gasteiger partial charge in [-0.3, -0.25) is 9.69 Å². The zero-order valence-corrected chi connectivity index (χ0v) is 18.6. The number of fused-ring (bicyclic) bond motifs is 1. The minimum Gasteiger partial charge on any atom is -0.333 e. The van der Waals surface area contributed by atoms with Crippen LogP contribution in [0.5, 0.6) is 0 Å². The largest absolute Gasteiger partial charge is 0.333 e. The van der Waals surface area contributed by atoms with Crippen molar-refractivity contribution in [3.8, 4) is 0 Å². The number of carbonyl (C=O) groups is 1. The predicted octanol–water partition coefficient (Wildman–Crippen LogP) is 6.27. The molecule has 0 aliphatic rings. The van der Waals surface area contributed by atoms with Gasteiger partial charge in [0.2, 0.25) is 5.91 Å². The first-order valence-electron chi connectivity index (χ1n) is 9.01. The maximum atomic E-state index is 12.4. The molecule has 4 aromatic rings. The molecule has 0 saturated carbocycles. The molecule has 0 aliphatic heterocycles. The highest BCUT2D eigenvalue weighted by molar-refractivity contribution is 7.98. The summed E-state index contributed by atoms with van der Waals surface area (Å²) in [4.78, 5) is 26.6. The number of amides is 1. The SMILES string of the molecule is CC(=O)N(c1nc(CSc2nc3ccc(Cl)cc3[nH]2)cs1)c1ccc(C)cc1C. The fourth-order valence-electron chi connectivity index (χ4n) is 3.10. The van der Waals surface area contributed by atoms with Gasteiger partial charge in [0.25, 0.3) is 0 Å². The zero-order valence-electron chi connectivity index (χ0n) is 16.2. The minimum atomic E-state index is -0.0559. The molecule has 0 bridgehead atoms. The van der Waals surface area contributed by atoms with Gasteiger partial charge in [-0.2, -0.15) is 0 Å². The molecule has 2 heterocycles. The van der Waals surface area contributed by atoms with Crippen molar-refractivity contribution < 1.29 is 4.79 Å². The van der Waals surface area contributed by atoms with Crippen LogP contribution < -0.4 is 4.90 Å². The highest BCUT2D eigenvalue weighted by Gasteiger charge is 2.20. The Morgan fingerprint density at radius 2 is 2.03 bits per heavy atom. The Morgan fingerprint density at radius 3 is 2.79 bits per heavy atom. The number of hydrogen-bond donors (Lipinski definition) is 1. The average Bonchev–Trinajstić information content (AvgIpc) is 3.28. The number of aromatic nitrogens is 3. The molecule has 0 unspecified atom stereocenters. The number of aryl methyl sites for hydroxylation is 2. The number of hydrogen-bond acceptors (Lipinski definition) is 5. The number of thiazole rings is 1. The molecule has 148 valence electrons. The van der Waals surface area contributed by atoms with Crippen LogP contribution in [-0.4, -0.2) is 20.9 Å². The summed E-state index contributed by atoms with van der Waals surface area (Å²) in [6.07, 6.45) is 0. The number of anilines is 2. The number of carbonyl (C=O) groups excluding carboxylic acids is 1. The van der Waals surface area contributed by atoms with Crippen LogP contribution in [0, 0.1) is 13.8 Å². The molecule has 0 aliphatic carbocycles. The van der Waals surface area contributed by atoms with Gasteiger partial charge in [0.15, 0.2) is 10.3 Å². The van der Waals surface area contributed by atoms with Gasteiger partial charge in [-0.1, -0.05) is 41.1 Å². The van der Waals surface area contributed by atoms with Crippen LogP contribution in [0.1, 0.15) is 23.7 Å². The third-order valence-corrected chi connectivity index (χ3v) is 6.43. The first-order chi connectivity index (χ1) is 13.9. The summed E-state index contributed by atoms with van der Waals surface area (Å²) in [7, 11) is 0. The van der Waals surface area contributed by atoms with Crippen LogP contribution in [0.4, 0.5) is 10.8 Å². The van der Waals surface area contributed by atoms with E-state index in [1.54, 1.807) is 23.6 Å². The van der Waals surface area contributed by atoms with E-state index < -0.39 is 0 Å². The average molecular weight is 443 g/mol. The topological polar surface area (TPSA) is 61.9 Å². The van der Waals surface area contributed by atoms with Crippen molar-refractivity contribution in [2.24, 2.45) is 0 Å². The van der Waals surface area contributed by atoms with Gasteiger partial charge >= 0.3 is 0 Å². The number of thioether (sulfide) groups is 1. The molecule has 1 amide bonds. The molecule has 1 N–H and O–H groups in total. The minimum absolute atomic E-state index is 0.0559. The van der Waals surface area contributed by atoms with Crippen molar-refractivity contribution in [3.05, 3.63) is 63.6 Å². The summed E-state index contributed by atoms with van der Waals surface area (Å²) in [6, 6.07) is 11.6. The monoisotopic (exact) mass is 442 g/mol. The standard InChI is InChI=1S/C21H19ClN4OS2/c1-12-4-7-19(13(2)8-12)26(14(3)27)21-23-16(11-29-21)10-28-20-24-17-6-5-15(22)9-18(17)25-20/h4-9,11H,10H2,1-3H3,(H,24,25). The molecular weight excluding hydrogens is 424 g/mol. The van der Waals surface area contributed by atoms with Crippen molar-refractivity contribution in [2.75, 3.05) is 4.90 Å². The third-order valence-electron chi connectivity index (χ3n) is 4.42. The van der Waals surface area contributed by atoms with E-state index >= 15 is 0 Å². The lowest BCUT2D eigenvalue weighted by atomic mass is 10.1. The van der Waals surface area contributed by atoms with Crippen LogP contribution in [0.2, 0.25) is 5.02 Å². The van der Waals surface area contributed by atoms with Crippen LogP contribution in [0.25, 0.3) is 11.0 Å². The van der Waals surface area contributed by atoms with Crippen molar-refractivity contribution in [1.29, 1.82) is 0 Å². The Balaban J connectivity index is 1.53. The Labute approximate surface area is 182 Å². The second-order valence-electron chi connectivity index (χ2n) is 6.76. The Hall–Kier alpha value is -2.35. The van der Waals surface area contributed by atoms with Crippen molar-refractivity contribution >= 4 is 62.5 Å². The molecule has 0 radical (unpaired) electrons. The zero-order chi connectivity index (χ0) is 20.5. The fourth-order valence-corrected chi connectivity index (χ4v) is 5.03. The quantitative estimate of drug-likeness (QED) is 0.370. The van der Waals surface area contributed by atoms with Crippen molar-refractivity contribution in [1.82, 2.24) is 15.0 Å². The molecule has 8 heteroatoms. The summed E-state index contributed by atoms with van der Waals surface area (Å²) in [5.74, 6) is 0.600. The number of rotatable bonds is 5. The molecule has 0 spiro atoms. The van der Waals surface area contributed by atoms with Gasteiger partial charge in [-0.25, -0.2) is 9.97 Å². The smallest absolute Gasteiger partial charge is 0.230 e. The maximum absolute atomic E-state index is 12.4. The lowest BCUT2D eigenvalue weighted by Crippen LogP contribution is -2.23. The Morgan fingerprint density at radius 1 is 1.21 bits per heavy atom. The highest BCUT2D eigenvalue weighted by Crippen LogP contribution is 2.33. The second kappa shape index (κ2) is 8.18. The number of nitrogens with one attached hydrogen (secondary N) is 1. The number of H-pyrrole nitrogens is 1. The van der Waals surface area contributed by atoms with Crippen LogP contribution >= 0.6 is 34.7 Å². The summed E-state index contributed by atoms with van der Waals surface area (Å²) in [5.41, 5.74) is 5.78. The fraction of sp³-hybridized carbons (Fsp3) is 0.190. The molecule has 29 heavy (non-hydrogen) atoms. The highest BCUT2D eigenvalue weighted by atomic mass is 35.5. The van der Waals surface area contributed by atoms with E-state index in [0.29, 0.717) is 15.9 Å². The van der Waals surface area contributed by atoms with Crippen LogP contribution in [0.15, 0.2) is 46.9 Å². The second-order valence-corrected chi connectivity index (χ2v) is 8.99. The van der Waals surface area contributed by atoms with E-state index in [1.807, 2.05) is 49.6 Å². The van der Waals surface area contributed by atoms with E-state index in [9.17, 15) is 4.79 Å². The Bertz CT molecular complexity index is 1200. The molecule has 2 aromatic carbocycles. The predicted molar refractivity (Wildman–Crippen MR) is 122 cm³/mol.